The summed E-state index contributed by atoms with van der Waals surface area (Å²) in [6.07, 6.45) is -0.675. The van der Waals surface area contributed by atoms with Gasteiger partial charge in [0.15, 0.2) is 0 Å². The van der Waals surface area contributed by atoms with Crippen LogP contribution < -0.4 is 0 Å². The fourth-order valence-electron chi connectivity index (χ4n) is 0.937. The quantitative estimate of drug-likeness (QED) is 0.505. The lowest BCUT2D eigenvalue weighted by atomic mass is 10.2. The summed E-state index contributed by atoms with van der Waals surface area (Å²) in [5.41, 5.74) is 0.736. The number of methoxy groups -OCH3 is 2. The molecule has 0 aromatic heterocycles. The molecule has 0 unspecified atom stereocenters. The van der Waals surface area contributed by atoms with Gasteiger partial charge in [-0.15, -0.1) is 4.99 Å². The van der Waals surface area contributed by atoms with Crippen molar-refractivity contribution in [3.63, 3.8) is 0 Å². The Labute approximate surface area is 82.2 Å². The van der Waals surface area contributed by atoms with E-state index < -0.39 is 6.09 Å². The Morgan fingerprint density at radius 1 is 1.14 bits per heavy atom. The van der Waals surface area contributed by atoms with Crippen molar-refractivity contribution in [3.05, 3.63) is 35.9 Å². The molecule has 1 aromatic rings. The highest BCUT2D eigenvalue weighted by molar-refractivity contribution is 5.99. The van der Waals surface area contributed by atoms with Gasteiger partial charge in [0.1, 0.15) is 0 Å². The lowest BCUT2D eigenvalue weighted by molar-refractivity contribution is 0.181. The number of aliphatic imine (C=N–C) groups is 1. The number of ether oxygens (including phenoxy) is 2. The molecule has 0 aliphatic carbocycles. The van der Waals surface area contributed by atoms with Crippen molar-refractivity contribution < 1.29 is 14.3 Å². The van der Waals surface area contributed by atoms with Gasteiger partial charge in [-0.25, -0.2) is 4.79 Å². The Bertz CT molecular complexity index is 332. The van der Waals surface area contributed by atoms with Gasteiger partial charge in [0.2, 0.25) is 5.90 Å². The number of rotatable bonds is 1. The smallest absolute Gasteiger partial charge is 0.436 e. The second-order valence-electron chi connectivity index (χ2n) is 2.46. The number of nitrogens with zero attached hydrogens (tertiary/aromatic N) is 1. The van der Waals surface area contributed by atoms with Crippen LogP contribution in [0.15, 0.2) is 35.3 Å². The molecule has 4 nitrogen and oxygen atoms in total. The van der Waals surface area contributed by atoms with E-state index in [4.69, 9.17) is 4.74 Å². The summed E-state index contributed by atoms with van der Waals surface area (Å²) in [7, 11) is 2.72. The van der Waals surface area contributed by atoms with E-state index in [1.807, 2.05) is 18.2 Å². The topological polar surface area (TPSA) is 47.9 Å². The molecule has 0 bridgehead atoms. The van der Waals surface area contributed by atoms with E-state index in [1.165, 1.54) is 14.2 Å². The zero-order valence-corrected chi connectivity index (χ0v) is 8.06. The standard InChI is InChI=1S/C10H11NO3/c1-13-9(11-10(12)14-2)8-6-4-3-5-7-8/h3-7H,1-2H3/b11-9+. The van der Waals surface area contributed by atoms with E-state index >= 15 is 0 Å². The molecule has 0 heterocycles. The van der Waals surface area contributed by atoms with E-state index in [2.05, 4.69) is 9.73 Å². The van der Waals surface area contributed by atoms with Crippen LogP contribution in [0.3, 0.4) is 0 Å². The van der Waals surface area contributed by atoms with E-state index in [0.717, 1.165) is 5.56 Å². The van der Waals surface area contributed by atoms with Crippen LogP contribution in [-0.4, -0.2) is 26.2 Å². The van der Waals surface area contributed by atoms with Crippen LogP contribution in [-0.2, 0) is 9.47 Å². The fraction of sp³-hybridized carbons (Fsp3) is 0.200. The third-order valence-corrected chi connectivity index (χ3v) is 1.58. The molecule has 1 rings (SSSR count). The van der Waals surface area contributed by atoms with Crippen molar-refractivity contribution >= 4 is 12.0 Å². The summed E-state index contributed by atoms with van der Waals surface area (Å²) in [6, 6.07) is 9.13. The SMILES string of the molecule is COC(=O)/N=C(/OC)c1ccccc1. The number of amides is 1. The summed E-state index contributed by atoms with van der Waals surface area (Å²) >= 11 is 0. The first-order chi connectivity index (χ1) is 6.77. The third kappa shape index (κ3) is 2.58. The molecule has 0 aliphatic heterocycles. The van der Waals surface area contributed by atoms with Crippen molar-refractivity contribution in [2.75, 3.05) is 14.2 Å². The number of benzene rings is 1. The van der Waals surface area contributed by atoms with Gasteiger partial charge in [-0.3, -0.25) is 0 Å². The van der Waals surface area contributed by atoms with Crippen LogP contribution in [0.4, 0.5) is 4.79 Å². The Morgan fingerprint density at radius 2 is 1.79 bits per heavy atom. The predicted octanol–water partition coefficient (Wildman–Crippen LogP) is 1.85. The van der Waals surface area contributed by atoms with Gasteiger partial charge in [0.05, 0.1) is 14.2 Å². The van der Waals surface area contributed by atoms with E-state index in [0.29, 0.717) is 0 Å². The fourth-order valence-corrected chi connectivity index (χ4v) is 0.937. The average Bonchev–Trinajstić information content (AvgIpc) is 2.26. The molecule has 14 heavy (non-hydrogen) atoms. The van der Waals surface area contributed by atoms with Gasteiger partial charge in [0, 0.05) is 5.56 Å². The number of carbonyl (C=O) groups excluding carboxylic acids is 1. The molecule has 1 aromatic carbocycles. The molecule has 0 fully saturated rings. The van der Waals surface area contributed by atoms with Gasteiger partial charge < -0.3 is 9.47 Å². The molecule has 0 saturated carbocycles. The Balaban J connectivity index is 2.93. The summed E-state index contributed by atoms with van der Waals surface area (Å²) < 4.78 is 9.36. The minimum Gasteiger partial charge on any atom is -0.480 e. The zero-order valence-electron chi connectivity index (χ0n) is 8.06. The van der Waals surface area contributed by atoms with Gasteiger partial charge in [-0.05, 0) is 12.1 Å². The number of carbonyl (C=O) groups is 1. The summed E-state index contributed by atoms with van der Waals surface area (Å²) in [5.74, 6) is 0.248. The van der Waals surface area contributed by atoms with Gasteiger partial charge in [-0.1, -0.05) is 18.2 Å². The van der Waals surface area contributed by atoms with Gasteiger partial charge in [0.25, 0.3) is 0 Å². The van der Waals surface area contributed by atoms with E-state index in [1.54, 1.807) is 12.1 Å². The lowest BCUT2D eigenvalue weighted by Crippen LogP contribution is -2.07. The molecule has 0 aliphatic rings. The van der Waals surface area contributed by atoms with Crippen molar-refractivity contribution in [1.82, 2.24) is 0 Å². The minimum atomic E-state index is -0.675. The first-order valence-corrected chi connectivity index (χ1v) is 4.04. The first-order valence-electron chi connectivity index (χ1n) is 4.04. The van der Waals surface area contributed by atoms with Crippen molar-refractivity contribution in [1.29, 1.82) is 0 Å². The molecule has 74 valence electrons. The normalized spacial score (nSPS) is 10.9. The largest absolute Gasteiger partial charge is 0.480 e. The Morgan fingerprint density at radius 3 is 2.29 bits per heavy atom. The molecule has 1 amide bonds. The molecule has 0 spiro atoms. The lowest BCUT2D eigenvalue weighted by Gasteiger charge is -2.03. The summed E-state index contributed by atoms with van der Waals surface area (Å²) in [6.45, 7) is 0. The summed E-state index contributed by atoms with van der Waals surface area (Å²) in [5, 5.41) is 0. The maximum Gasteiger partial charge on any atom is 0.436 e. The van der Waals surface area contributed by atoms with Crippen LogP contribution in [0.25, 0.3) is 0 Å². The maximum atomic E-state index is 10.9. The second-order valence-corrected chi connectivity index (χ2v) is 2.46. The van der Waals surface area contributed by atoms with Crippen LogP contribution >= 0.6 is 0 Å². The van der Waals surface area contributed by atoms with Crippen LogP contribution in [0.2, 0.25) is 0 Å². The van der Waals surface area contributed by atoms with E-state index in [-0.39, 0.29) is 5.90 Å². The Hall–Kier alpha value is -1.84. The third-order valence-electron chi connectivity index (χ3n) is 1.58. The van der Waals surface area contributed by atoms with Crippen LogP contribution in [0.1, 0.15) is 5.56 Å². The zero-order chi connectivity index (χ0) is 10.4. The van der Waals surface area contributed by atoms with Crippen LogP contribution in [0, 0.1) is 0 Å². The predicted molar refractivity (Wildman–Crippen MR) is 52.4 cm³/mol. The van der Waals surface area contributed by atoms with Crippen molar-refractivity contribution in [2.45, 2.75) is 0 Å². The molecule has 0 saturated heterocycles. The molecule has 0 atom stereocenters. The molecular weight excluding hydrogens is 182 g/mol. The number of hydrogen-bond acceptors (Lipinski definition) is 3. The van der Waals surface area contributed by atoms with E-state index in [9.17, 15) is 4.79 Å². The monoisotopic (exact) mass is 193 g/mol. The summed E-state index contributed by atoms with van der Waals surface area (Å²) in [4.78, 5) is 14.5. The average molecular weight is 193 g/mol. The molecule has 0 N–H and O–H groups in total. The first kappa shape index (κ1) is 10.2. The molecular formula is C10H11NO3. The second kappa shape index (κ2) is 5.01. The molecule has 4 heteroatoms. The van der Waals surface area contributed by atoms with Gasteiger partial charge in [-0.2, -0.15) is 0 Å². The highest BCUT2D eigenvalue weighted by Crippen LogP contribution is 2.02. The Kier molecular flexibility index (Phi) is 3.67. The highest BCUT2D eigenvalue weighted by atomic mass is 16.5. The molecule has 0 radical (unpaired) electrons. The van der Waals surface area contributed by atoms with Crippen LogP contribution in [0.5, 0.6) is 0 Å². The highest BCUT2D eigenvalue weighted by Gasteiger charge is 2.05. The van der Waals surface area contributed by atoms with Crippen molar-refractivity contribution in [3.8, 4) is 0 Å². The maximum absolute atomic E-state index is 10.9. The number of hydrogen-bond donors (Lipinski definition) is 0. The minimum absolute atomic E-state index is 0.248. The van der Waals surface area contributed by atoms with Gasteiger partial charge >= 0.3 is 6.09 Å². The van der Waals surface area contributed by atoms with Crippen molar-refractivity contribution in [2.24, 2.45) is 4.99 Å².